The minimum atomic E-state index is -0.594. The van der Waals surface area contributed by atoms with Gasteiger partial charge in [0.15, 0.2) is 11.8 Å². The van der Waals surface area contributed by atoms with Gasteiger partial charge in [0.1, 0.15) is 6.04 Å². The summed E-state index contributed by atoms with van der Waals surface area (Å²) in [5.41, 5.74) is 1.65. The molecule has 2 rings (SSSR count). The summed E-state index contributed by atoms with van der Waals surface area (Å²) in [6.07, 6.45) is 2.24. The Morgan fingerprint density at radius 2 is 1.89 bits per heavy atom. The molecule has 27 heavy (non-hydrogen) atoms. The summed E-state index contributed by atoms with van der Waals surface area (Å²) >= 11 is 1.16. The number of ether oxygens (including phenoxy) is 2. The molecular formula is C18H25N3O5S. The normalized spacial score (nSPS) is 16.7. The Kier molecular flexibility index (Phi) is 8.02. The van der Waals surface area contributed by atoms with Crippen LogP contribution in [0, 0.1) is 13.8 Å². The van der Waals surface area contributed by atoms with Crippen LogP contribution in [0.1, 0.15) is 37.6 Å². The number of aromatic nitrogens is 2. The Labute approximate surface area is 163 Å². The van der Waals surface area contributed by atoms with E-state index in [9.17, 15) is 14.4 Å². The molecule has 0 bridgehead atoms. The van der Waals surface area contributed by atoms with Crippen LogP contribution >= 0.6 is 11.8 Å². The Hall–Kier alpha value is -2.16. The highest BCUT2D eigenvalue weighted by molar-refractivity contribution is 7.99. The molecule has 0 N–H and O–H groups in total. The number of nitrogens with zero attached hydrogens (tertiary/aromatic N) is 3. The second-order valence-electron chi connectivity index (χ2n) is 6.23. The third-order valence-electron chi connectivity index (χ3n) is 4.02. The first-order valence-corrected chi connectivity index (χ1v) is 9.96. The molecule has 1 aromatic rings. The largest absolute Gasteiger partial charge is 0.464 e. The molecule has 2 heterocycles. The molecule has 0 spiro atoms. The van der Waals surface area contributed by atoms with Gasteiger partial charge in [0.2, 0.25) is 0 Å². The van der Waals surface area contributed by atoms with E-state index in [1.54, 1.807) is 6.92 Å². The third-order valence-corrected chi connectivity index (χ3v) is 4.84. The molecule has 9 heteroatoms. The van der Waals surface area contributed by atoms with E-state index in [4.69, 9.17) is 9.47 Å². The Balaban J connectivity index is 1.82. The maximum absolute atomic E-state index is 12.4. The second kappa shape index (κ2) is 10.2. The van der Waals surface area contributed by atoms with Crippen LogP contribution in [0.4, 0.5) is 0 Å². The van der Waals surface area contributed by atoms with E-state index < -0.39 is 18.0 Å². The van der Waals surface area contributed by atoms with E-state index in [-0.39, 0.29) is 24.9 Å². The molecule has 0 aliphatic carbocycles. The summed E-state index contributed by atoms with van der Waals surface area (Å²) in [5.74, 6) is -1.30. The van der Waals surface area contributed by atoms with E-state index >= 15 is 0 Å². The monoisotopic (exact) mass is 395 g/mol. The molecule has 1 amide bonds. The summed E-state index contributed by atoms with van der Waals surface area (Å²) < 4.78 is 10.1. The van der Waals surface area contributed by atoms with Crippen molar-refractivity contribution in [2.24, 2.45) is 0 Å². The van der Waals surface area contributed by atoms with Crippen LogP contribution in [-0.4, -0.2) is 64.3 Å². The van der Waals surface area contributed by atoms with Gasteiger partial charge in [-0.15, -0.1) is 0 Å². The van der Waals surface area contributed by atoms with Crippen LogP contribution in [0.2, 0.25) is 0 Å². The summed E-state index contributed by atoms with van der Waals surface area (Å²) in [5, 5.41) is 0.495. The number of piperidine rings is 1. The number of esters is 2. The van der Waals surface area contributed by atoms with E-state index in [2.05, 4.69) is 9.97 Å². The van der Waals surface area contributed by atoms with Crippen molar-refractivity contribution in [1.82, 2.24) is 14.9 Å². The maximum Gasteiger partial charge on any atom is 0.328 e. The lowest BCUT2D eigenvalue weighted by Crippen LogP contribution is -2.50. The number of carbonyl (C=O) groups is 3. The average Bonchev–Trinajstić information content (AvgIpc) is 2.64. The predicted molar refractivity (Wildman–Crippen MR) is 99.2 cm³/mol. The first-order chi connectivity index (χ1) is 12.9. The van der Waals surface area contributed by atoms with Crippen LogP contribution in [0.15, 0.2) is 11.2 Å². The molecule has 8 nitrogen and oxygen atoms in total. The minimum absolute atomic E-state index is 0.0114. The van der Waals surface area contributed by atoms with E-state index in [1.807, 2.05) is 19.9 Å². The van der Waals surface area contributed by atoms with Crippen molar-refractivity contribution >= 4 is 29.6 Å². The molecule has 1 aliphatic rings. The van der Waals surface area contributed by atoms with Crippen molar-refractivity contribution in [3.8, 4) is 0 Å². The van der Waals surface area contributed by atoms with Gasteiger partial charge in [-0.3, -0.25) is 9.59 Å². The van der Waals surface area contributed by atoms with Gasteiger partial charge < -0.3 is 14.4 Å². The summed E-state index contributed by atoms with van der Waals surface area (Å²) in [4.78, 5) is 46.3. The first-order valence-electron chi connectivity index (χ1n) is 8.97. The van der Waals surface area contributed by atoms with Gasteiger partial charge in [-0.25, -0.2) is 14.8 Å². The number of hydrogen-bond acceptors (Lipinski definition) is 8. The van der Waals surface area contributed by atoms with Crippen LogP contribution < -0.4 is 0 Å². The molecule has 1 atom stereocenters. The number of carbonyl (C=O) groups excluding carboxylic acids is 3. The molecule has 1 aliphatic heterocycles. The average molecular weight is 395 g/mol. The number of likely N-dealkylation sites (tertiary alicyclic amines) is 1. The summed E-state index contributed by atoms with van der Waals surface area (Å²) in [7, 11) is 0. The van der Waals surface area contributed by atoms with Crippen LogP contribution in [0.3, 0.4) is 0 Å². The van der Waals surface area contributed by atoms with Crippen molar-refractivity contribution in [2.45, 2.75) is 51.2 Å². The molecule has 148 valence electrons. The van der Waals surface area contributed by atoms with E-state index in [0.717, 1.165) is 36.0 Å². The molecule has 1 unspecified atom stereocenters. The Morgan fingerprint density at radius 3 is 2.56 bits per heavy atom. The smallest absolute Gasteiger partial charge is 0.328 e. The van der Waals surface area contributed by atoms with Crippen molar-refractivity contribution in [2.75, 3.05) is 25.5 Å². The lowest BCUT2D eigenvalue weighted by atomic mass is 10.0. The lowest BCUT2D eigenvalue weighted by Gasteiger charge is -2.33. The first kappa shape index (κ1) is 21.1. The van der Waals surface area contributed by atoms with Crippen molar-refractivity contribution in [3.63, 3.8) is 0 Å². The topological polar surface area (TPSA) is 98.7 Å². The highest BCUT2D eigenvalue weighted by atomic mass is 32.2. The fourth-order valence-corrected chi connectivity index (χ4v) is 3.61. The molecule has 0 aromatic carbocycles. The van der Waals surface area contributed by atoms with Gasteiger partial charge in [0, 0.05) is 17.9 Å². The van der Waals surface area contributed by atoms with Crippen molar-refractivity contribution in [3.05, 3.63) is 17.5 Å². The Morgan fingerprint density at radius 1 is 1.19 bits per heavy atom. The number of hydrogen-bond donors (Lipinski definition) is 0. The van der Waals surface area contributed by atoms with Crippen molar-refractivity contribution < 1.29 is 23.9 Å². The summed E-state index contributed by atoms with van der Waals surface area (Å²) in [6.45, 7) is 5.78. The number of rotatable bonds is 7. The molecular weight excluding hydrogens is 370 g/mol. The zero-order chi connectivity index (χ0) is 19.8. The number of aryl methyl sites for hydroxylation is 2. The molecule has 0 saturated carbocycles. The predicted octanol–water partition coefficient (Wildman–Crippen LogP) is 1.67. The van der Waals surface area contributed by atoms with Crippen LogP contribution in [-0.2, 0) is 23.9 Å². The highest BCUT2D eigenvalue weighted by Gasteiger charge is 2.33. The van der Waals surface area contributed by atoms with Gasteiger partial charge in [0.05, 0.1) is 12.4 Å². The molecule has 1 saturated heterocycles. The fourth-order valence-electron chi connectivity index (χ4n) is 2.86. The van der Waals surface area contributed by atoms with Gasteiger partial charge in [-0.2, -0.15) is 0 Å². The second-order valence-corrected chi connectivity index (χ2v) is 7.18. The van der Waals surface area contributed by atoms with Gasteiger partial charge in [-0.1, -0.05) is 11.8 Å². The fraction of sp³-hybridized carbons (Fsp3) is 0.611. The van der Waals surface area contributed by atoms with Gasteiger partial charge in [-0.05, 0) is 46.1 Å². The third kappa shape index (κ3) is 6.50. The van der Waals surface area contributed by atoms with E-state index in [1.165, 1.54) is 4.90 Å². The molecule has 0 radical (unpaired) electrons. The quantitative estimate of drug-likeness (QED) is 0.391. The lowest BCUT2D eigenvalue weighted by molar-refractivity contribution is -0.160. The van der Waals surface area contributed by atoms with Gasteiger partial charge in [0.25, 0.3) is 5.91 Å². The van der Waals surface area contributed by atoms with Crippen molar-refractivity contribution in [1.29, 1.82) is 0 Å². The zero-order valence-corrected chi connectivity index (χ0v) is 16.7. The summed E-state index contributed by atoms with van der Waals surface area (Å²) in [6, 6.07) is 1.25. The minimum Gasteiger partial charge on any atom is -0.464 e. The van der Waals surface area contributed by atoms with Crippen LogP contribution in [0.25, 0.3) is 0 Å². The molecule has 1 aromatic heterocycles. The molecule has 1 fully saturated rings. The van der Waals surface area contributed by atoms with Gasteiger partial charge >= 0.3 is 11.9 Å². The Bertz CT molecular complexity index is 677. The van der Waals surface area contributed by atoms with E-state index in [0.29, 0.717) is 18.1 Å². The maximum atomic E-state index is 12.4. The zero-order valence-electron chi connectivity index (χ0n) is 15.9. The SMILES string of the molecule is CCOC(=O)C1CCCCN1C(=O)COC(=O)CSc1nc(C)cc(C)n1. The number of thioether (sulfide) groups is 1. The van der Waals surface area contributed by atoms with Crippen LogP contribution in [0.5, 0.6) is 0 Å². The number of amides is 1. The standard InChI is InChI=1S/C18H25N3O5S/c1-4-25-17(24)14-7-5-6-8-21(14)15(22)10-26-16(23)11-27-18-19-12(2)9-13(3)20-18/h9,14H,4-8,10-11H2,1-3H3. The highest BCUT2D eigenvalue weighted by Crippen LogP contribution is 2.19.